The van der Waals surface area contributed by atoms with E-state index < -0.39 is 38.8 Å². The van der Waals surface area contributed by atoms with E-state index in [-0.39, 0.29) is 35.5 Å². The van der Waals surface area contributed by atoms with Crippen molar-refractivity contribution in [2.75, 3.05) is 20.8 Å². The van der Waals surface area contributed by atoms with E-state index in [1.54, 1.807) is 50.3 Å². The Morgan fingerprint density at radius 2 is 1.64 bits per heavy atom. The van der Waals surface area contributed by atoms with Crippen LogP contribution in [0.1, 0.15) is 44.9 Å². The quantitative estimate of drug-likeness (QED) is 0.107. The van der Waals surface area contributed by atoms with Crippen molar-refractivity contribution < 1.29 is 38.3 Å². The number of nitro benzene ring substituents is 2. The molecule has 5 rings (SSSR count). The minimum absolute atomic E-state index is 0.0941. The Balaban J connectivity index is 1.59. The molecule has 16 heteroatoms. The maximum atomic E-state index is 14.1. The molecule has 15 nitrogen and oxygen atoms in total. The Hall–Kier alpha value is -6.03. The Morgan fingerprint density at radius 3 is 2.28 bits per heavy atom. The van der Waals surface area contributed by atoms with Gasteiger partial charge in [-0.05, 0) is 75.2 Å². The average molecular weight is 705 g/mol. The lowest BCUT2D eigenvalue weighted by molar-refractivity contribution is -0.394. The fraction of sp³-hybridized carbons (Fsp3) is 0.265. The molecule has 0 saturated carbocycles. The predicted octanol–water partition coefficient (Wildman–Crippen LogP) is 5.21. The highest BCUT2D eigenvalue weighted by Gasteiger charge is 2.34. The summed E-state index contributed by atoms with van der Waals surface area (Å²) in [7, 11) is 2.87. The lowest BCUT2D eigenvalue weighted by Crippen LogP contribution is -2.40. The Labute approximate surface area is 288 Å². The number of ether oxygens (including phenoxy) is 5. The standard InChI is InChI=1S/C34H32N4O11S/c1-7-47-33(40)30-19(4)35-34-36(31(30)21-9-12-25(48-18(2)3)28(16-21)46-6)32(39)29(50-34)15-20-8-11-26(27(14-20)45-5)49-24-13-10-22(37(41)42)17-23(24)38(43)44/h8-18,31H,7H2,1-6H3/b29-15-/t31-/m0/s1. The average Bonchev–Trinajstić information content (AvgIpc) is 3.38. The number of rotatable bonds is 12. The molecule has 0 unspecified atom stereocenters. The minimum atomic E-state index is -0.891. The summed E-state index contributed by atoms with van der Waals surface area (Å²) in [5.74, 6) is 0.354. The summed E-state index contributed by atoms with van der Waals surface area (Å²) in [6.07, 6.45) is 1.50. The van der Waals surface area contributed by atoms with Gasteiger partial charge >= 0.3 is 11.7 Å². The predicted molar refractivity (Wildman–Crippen MR) is 182 cm³/mol. The number of allylic oxidation sites excluding steroid dienone is 1. The molecule has 2 heterocycles. The highest BCUT2D eigenvalue weighted by molar-refractivity contribution is 7.07. The summed E-state index contributed by atoms with van der Waals surface area (Å²) in [5.41, 5.74) is 0.212. The number of fused-ring (bicyclic) bond motifs is 1. The van der Waals surface area contributed by atoms with E-state index >= 15 is 0 Å². The number of non-ortho nitro benzene ring substituents is 1. The van der Waals surface area contributed by atoms with Crippen molar-refractivity contribution >= 4 is 34.8 Å². The van der Waals surface area contributed by atoms with E-state index in [4.69, 9.17) is 23.7 Å². The Kier molecular flexibility index (Phi) is 10.3. The highest BCUT2D eigenvalue weighted by atomic mass is 32.1. The second-order valence-electron chi connectivity index (χ2n) is 11.1. The lowest BCUT2D eigenvalue weighted by atomic mass is 9.95. The number of aromatic nitrogens is 1. The number of methoxy groups -OCH3 is 2. The van der Waals surface area contributed by atoms with Crippen molar-refractivity contribution in [1.29, 1.82) is 0 Å². The van der Waals surface area contributed by atoms with Gasteiger partial charge in [-0.3, -0.25) is 29.6 Å². The van der Waals surface area contributed by atoms with E-state index in [1.807, 2.05) is 13.8 Å². The molecule has 1 aromatic heterocycles. The highest BCUT2D eigenvalue weighted by Crippen LogP contribution is 2.39. The summed E-state index contributed by atoms with van der Waals surface area (Å²) in [6.45, 7) is 7.27. The molecular formula is C34H32N4O11S. The minimum Gasteiger partial charge on any atom is -0.493 e. The van der Waals surface area contributed by atoms with Crippen LogP contribution in [0.5, 0.6) is 28.7 Å². The fourth-order valence-electron chi connectivity index (χ4n) is 5.29. The van der Waals surface area contributed by atoms with Crippen LogP contribution in [0.25, 0.3) is 6.08 Å². The van der Waals surface area contributed by atoms with E-state index in [0.717, 1.165) is 29.5 Å². The molecule has 0 bridgehead atoms. The molecule has 0 radical (unpaired) electrons. The topological polar surface area (TPSA) is 184 Å². The number of thiazole rings is 1. The van der Waals surface area contributed by atoms with Crippen LogP contribution in [0.4, 0.5) is 11.4 Å². The van der Waals surface area contributed by atoms with Gasteiger partial charge in [0, 0.05) is 6.07 Å². The first kappa shape index (κ1) is 35.3. The van der Waals surface area contributed by atoms with Gasteiger partial charge < -0.3 is 23.7 Å². The molecule has 0 aliphatic carbocycles. The summed E-state index contributed by atoms with van der Waals surface area (Å²) < 4.78 is 29.8. The molecule has 1 aliphatic rings. The number of esters is 1. The third kappa shape index (κ3) is 7.05. The first-order chi connectivity index (χ1) is 23.9. The van der Waals surface area contributed by atoms with Crippen molar-refractivity contribution in [2.24, 2.45) is 4.99 Å². The first-order valence-corrected chi connectivity index (χ1v) is 16.0. The van der Waals surface area contributed by atoms with Crippen molar-refractivity contribution in [1.82, 2.24) is 4.57 Å². The number of nitro groups is 2. The largest absolute Gasteiger partial charge is 0.493 e. The molecule has 3 aromatic carbocycles. The SMILES string of the molecule is CCOC(=O)C1=C(C)N=c2s/c(=C\c3ccc(Oc4ccc([N+](=O)[O-])cc4[N+](=O)[O-])c(OC)c3)c(=O)n2[C@H]1c1ccc(OC(C)C)c(OC)c1. The molecule has 0 fully saturated rings. The van der Waals surface area contributed by atoms with Gasteiger partial charge in [-0.1, -0.05) is 23.5 Å². The fourth-order valence-corrected chi connectivity index (χ4v) is 6.34. The monoisotopic (exact) mass is 704 g/mol. The number of nitrogens with zero attached hydrogens (tertiary/aromatic N) is 4. The maximum Gasteiger partial charge on any atom is 0.338 e. The summed E-state index contributed by atoms with van der Waals surface area (Å²) in [4.78, 5) is 53.6. The van der Waals surface area contributed by atoms with Crippen LogP contribution in [-0.4, -0.2) is 47.3 Å². The molecule has 4 aromatic rings. The van der Waals surface area contributed by atoms with Crippen LogP contribution >= 0.6 is 11.3 Å². The molecular weight excluding hydrogens is 672 g/mol. The number of carbonyl (C=O) groups is 1. The molecule has 0 spiro atoms. The zero-order valence-electron chi connectivity index (χ0n) is 27.8. The molecule has 0 N–H and O–H groups in total. The zero-order valence-corrected chi connectivity index (χ0v) is 28.6. The molecule has 1 aliphatic heterocycles. The van der Waals surface area contributed by atoms with Crippen LogP contribution in [0.2, 0.25) is 0 Å². The maximum absolute atomic E-state index is 14.1. The van der Waals surface area contributed by atoms with Crippen LogP contribution in [0.3, 0.4) is 0 Å². The molecule has 0 saturated heterocycles. The van der Waals surface area contributed by atoms with E-state index in [9.17, 15) is 29.8 Å². The number of benzene rings is 3. The van der Waals surface area contributed by atoms with Crippen LogP contribution < -0.4 is 33.8 Å². The van der Waals surface area contributed by atoms with Crippen molar-refractivity contribution in [2.45, 2.75) is 39.8 Å². The zero-order chi connectivity index (χ0) is 36.3. The van der Waals surface area contributed by atoms with Gasteiger partial charge in [0.2, 0.25) is 5.75 Å². The van der Waals surface area contributed by atoms with E-state index in [2.05, 4.69) is 4.99 Å². The van der Waals surface area contributed by atoms with Crippen LogP contribution in [0.15, 0.2) is 75.7 Å². The van der Waals surface area contributed by atoms with Gasteiger partial charge in [0.1, 0.15) is 0 Å². The van der Waals surface area contributed by atoms with Crippen molar-refractivity contribution in [3.8, 4) is 28.7 Å². The van der Waals surface area contributed by atoms with Gasteiger partial charge in [0.25, 0.3) is 11.2 Å². The third-order valence-electron chi connectivity index (χ3n) is 7.44. The second-order valence-corrected chi connectivity index (χ2v) is 12.1. The third-order valence-corrected chi connectivity index (χ3v) is 8.42. The molecule has 0 amide bonds. The number of hydrogen-bond acceptors (Lipinski definition) is 13. The molecule has 1 atom stereocenters. The Morgan fingerprint density at radius 1 is 0.960 bits per heavy atom. The molecule has 50 heavy (non-hydrogen) atoms. The van der Waals surface area contributed by atoms with Crippen molar-refractivity contribution in [3.63, 3.8) is 0 Å². The van der Waals surface area contributed by atoms with Gasteiger partial charge in [-0.2, -0.15) is 0 Å². The smallest absolute Gasteiger partial charge is 0.338 e. The molecule has 260 valence electrons. The van der Waals surface area contributed by atoms with Gasteiger partial charge in [-0.15, -0.1) is 0 Å². The Bertz CT molecular complexity index is 2220. The summed E-state index contributed by atoms with van der Waals surface area (Å²) >= 11 is 1.12. The summed E-state index contributed by atoms with van der Waals surface area (Å²) in [6, 6.07) is 12.0. The first-order valence-electron chi connectivity index (χ1n) is 15.2. The number of carbonyl (C=O) groups excluding carboxylic acids is 1. The van der Waals surface area contributed by atoms with Crippen LogP contribution in [-0.2, 0) is 9.53 Å². The van der Waals surface area contributed by atoms with E-state index in [0.29, 0.717) is 37.7 Å². The normalized spacial score (nSPS) is 14.1. The second kappa shape index (κ2) is 14.6. The lowest BCUT2D eigenvalue weighted by Gasteiger charge is -2.25. The van der Waals surface area contributed by atoms with Gasteiger partial charge in [0.15, 0.2) is 27.8 Å². The summed E-state index contributed by atoms with van der Waals surface area (Å²) in [5, 5.41) is 22.7. The van der Waals surface area contributed by atoms with E-state index in [1.165, 1.54) is 24.9 Å². The van der Waals surface area contributed by atoms with Crippen molar-refractivity contribution in [3.05, 3.63) is 117 Å². The van der Waals surface area contributed by atoms with Crippen LogP contribution in [0, 0.1) is 20.2 Å². The number of hydrogen-bond donors (Lipinski definition) is 0. The van der Waals surface area contributed by atoms with Gasteiger partial charge in [0.05, 0.1) is 64.7 Å². The van der Waals surface area contributed by atoms with Gasteiger partial charge in [-0.25, -0.2) is 9.79 Å².